The van der Waals surface area contributed by atoms with Crippen LogP contribution in [0.1, 0.15) is 0 Å². The van der Waals surface area contributed by atoms with Crippen molar-refractivity contribution < 1.29 is 9.53 Å². The molecule has 0 spiro atoms. The molecule has 0 aliphatic heterocycles. The molecule has 0 heterocycles. The van der Waals surface area contributed by atoms with Crippen LogP contribution in [-0.2, 0) is 9.53 Å². The Hall–Kier alpha value is 0.266. The van der Waals surface area contributed by atoms with Crippen molar-refractivity contribution in [2.24, 2.45) is 0 Å². The second-order valence-electron chi connectivity index (χ2n) is 0.622. The Bertz CT molecular complexity index is 30.0. The van der Waals surface area contributed by atoms with Crippen LogP contribution in [0.3, 0.4) is 0 Å². The zero-order chi connectivity index (χ0) is 4.12. The van der Waals surface area contributed by atoms with Gasteiger partial charge in [-0.05, 0) is 0 Å². The van der Waals surface area contributed by atoms with E-state index >= 15 is 0 Å². The molecule has 0 N–H and O–H groups in total. The molecular formula is C3H9GaO2. The van der Waals surface area contributed by atoms with Crippen molar-refractivity contribution in [2.75, 3.05) is 13.7 Å². The van der Waals surface area contributed by atoms with Crippen LogP contribution in [-0.4, -0.2) is 39.8 Å². The zero-order valence-electron chi connectivity index (χ0n) is 3.10. The summed E-state index contributed by atoms with van der Waals surface area (Å²) in [6.07, 6.45) is 0.708. The van der Waals surface area contributed by atoms with Crippen LogP contribution in [0.25, 0.3) is 0 Å². The Morgan fingerprint density at radius 3 is 2.33 bits per heavy atom. The Morgan fingerprint density at radius 2 is 2.33 bits per heavy atom. The van der Waals surface area contributed by atoms with Gasteiger partial charge in [-0.1, -0.05) is 0 Å². The van der Waals surface area contributed by atoms with Crippen molar-refractivity contribution in [3.8, 4) is 0 Å². The summed E-state index contributed by atoms with van der Waals surface area (Å²) >= 11 is 0. The minimum atomic E-state index is 0. The molecule has 6 heavy (non-hydrogen) atoms. The first-order valence-corrected chi connectivity index (χ1v) is 1.34. The second kappa shape index (κ2) is 8.98. The number of rotatable bonds is 2. The number of aldehydes is 1. The van der Waals surface area contributed by atoms with Crippen molar-refractivity contribution in [3.05, 3.63) is 0 Å². The summed E-state index contributed by atoms with van der Waals surface area (Å²) in [5.41, 5.74) is 0. The number of hydrogen-bond acceptors (Lipinski definition) is 2. The third kappa shape index (κ3) is 8.86. The average molecular weight is 147 g/mol. The van der Waals surface area contributed by atoms with Gasteiger partial charge in [0.2, 0.25) is 0 Å². The van der Waals surface area contributed by atoms with E-state index in [1.54, 1.807) is 0 Å². The van der Waals surface area contributed by atoms with Crippen molar-refractivity contribution in [2.45, 2.75) is 0 Å². The van der Waals surface area contributed by atoms with Gasteiger partial charge in [0.1, 0.15) is 12.9 Å². The summed E-state index contributed by atoms with van der Waals surface area (Å²) in [5.74, 6) is 0. The minimum absolute atomic E-state index is 0. The van der Waals surface area contributed by atoms with E-state index in [2.05, 4.69) is 4.74 Å². The van der Waals surface area contributed by atoms with Crippen LogP contribution < -0.4 is 0 Å². The summed E-state index contributed by atoms with van der Waals surface area (Å²) in [5, 5.41) is 0. The average Bonchev–Trinajstić information content (AvgIpc) is 1.41. The molecule has 0 aromatic heterocycles. The standard InChI is InChI=1S/C3H6O2.Ga.3H/c1-5-3-2-4;;;;/h2H,3H2,1H3;;;;. The summed E-state index contributed by atoms with van der Waals surface area (Å²) < 4.78 is 4.32. The quantitative estimate of drug-likeness (QED) is 0.356. The fourth-order valence-corrected chi connectivity index (χ4v) is 0.0680. The molecule has 0 aliphatic carbocycles. The van der Waals surface area contributed by atoms with E-state index in [4.69, 9.17) is 0 Å². The van der Waals surface area contributed by atoms with Crippen LogP contribution in [0, 0.1) is 0 Å². The Labute approximate surface area is 49.9 Å². The van der Waals surface area contributed by atoms with E-state index in [9.17, 15) is 4.79 Å². The summed E-state index contributed by atoms with van der Waals surface area (Å²) in [7, 11) is 1.48. The van der Waals surface area contributed by atoms with Crippen molar-refractivity contribution in [3.63, 3.8) is 0 Å². The molecule has 0 radical (unpaired) electrons. The van der Waals surface area contributed by atoms with E-state index in [0.717, 1.165) is 0 Å². The second-order valence-corrected chi connectivity index (χ2v) is 0.622. The third-order valence-corrected chi connectivity index (χ3v) is 0.235. The van der Waals surface area contributed by atoms with Gasteiger partial charge in [0.25, 0.3) is 0 Å². The fraction of sp³-hybridized carbons (Fsp3) is 0.667. The molecule has 2 nitrogen and oxygen atoms in total. The van der Waals surface area contributed by atoms with Gasteiger partial charge < -0.3 is 9.53 Å². The predicted octanol–water partition coefficient (Wildman–Crippen LogP) is -1.35. The molecular weight excluding hydrogens is 138 g/mol. The summed E-state index contributed by atoms with van der Waals surface area (Å²) in [6, 6.07) is 0. The van der Waals surface area contributed by atoms with Crippen LogP contribution >= 0.6 is 0 Å². The van der Waals surface area contributed by atoms with E-state index < -0.39 is 0 Å². The van der Waals surface area contributed by atoms with Gasteiger partial charge in [-0.3, -0.25) is 0 Å². The summed E-state index contributed by atoms with van der Waals surface area (Å²) in [4.78, 5) is 9.28. The molecule has 0 aliphatic rings. The van der Waals surface area contributed by atoms with Gasteiger partial charge in [-0.25, -0.2) is 0 Å². The van der Waals surface area contributed by atoms with Gasteiger partial charge in [0, 0.05) is 7.11 Å². The molecule has 0 saturated heterocycles. The number of ether oxygens (including phenoxy) is 1. The molecule has 0 unspecified atom stereocenters. The SMILES string of the molecule is COCC=O.[GaH3]. The van der Waals surface area contributed by atoms with Crippen LogP contribution in [0.15, 0.2) is 0 Å². The maximum atomic E-state index is 9.28. The Morgan fingerprint density at radius 1 is 1.83 bits per heavy atom. The van der Waals surface area contributed by atoms with Crippen LogP contribution in [0.2, 0.25) is 0 Å². The van der Waals surface area contributed by atoms with E-state index in [1.807, 2.05) is 0 Å². The molecule has 0 fully saturated rings. The maximum absolute atomic E-state index is 9.28. The van der Waals surface area contributed by atoms with Gasteiger partial charge in [0.05, 0.1) is 0 Å². The molecule has 3 heteroatoms. The van der Waals surface area contributed by atoms with Gasteiger partial charge in [0.15, 0.2) is 0 Å². The number of methoxy groups -OCH3 is 1. The van der Waals surface area contributed by atoms with Gasteiger partial charge in [-0.2, -0.15) is 0 Å². The van der Waals surface area contributed by atoms with Crippen LogP contribution in [0.4, 0.5) is 0 Å². The molecule has 0 amide bonds. The Balaban J connectivity index is 0. The number of carbonyl (C=O) groups is 1. The van der Waals surface area contributed by atoms with Crippen LogP contribution in [0.5, 0.6) is 0 Å². The monoisotopic (exact) mass is 146 g/mol. The van der Waals surface area contributed by atoms with Crippen molar-refractivity contribution in [1.82, 2.24) is 0 Å². The molecule has 0 aromatic rings. The van der Waals surface area contributed by atoms with E-state index in [-0.39, 0.29) is 26.4 Å². The topological polar surface area (TPSA) is 26.3 Å². The number of carbonyl (C=O) groups excluding carboxylic acids is 1. The first-order chi connectivity index (χ1) is 2.41. The van der Waals surface area contributed by atoms with E-state index in [0.29, 0.717) is 6.29 Å². The van der Waals surface area contributed by atoms with Gasteiger partial charge in [-0.15, -0.1) is 0 Å². The molecule has 0 rings (SSSR count). The number of hydrogen-bond donors (Lipinski definition) is 0. The molecule has 0 aromatic carbocycles. The first-order valence-electron chi connectivity index (χ1n) is 1.34. The molecule has 36 valence electrons. The Kier molecular flexibility index (Phi) is 14.3. The van der Waals surface area contributed by atoms with E-state index in [1.165, 1.54) is 7.11 Å². The van der Waals surface area contributed by atoms with Crippen molar-refractivity contribution >= 4 is 26.1 Å². The van der Waals surface area contributed by atoms with Crippen molar-refractivity contribution in [1.29, 1.82) is 0 Å². The zero-order valence-corrected chi connectivity index (χ0v) is 3.10. The van der Waals surface area contributed by atoms with Gasteiger partial charge >= 0.3 is 19.8 Å². The fourth-order valence-electron chi connectivity index (χ4n) is 0.0680. The molecule has 0 saturated carbocycles. The molecule has 0 atom stereocenters. The summed E-state index contributed by atoms with van der Waals surface area (Å²) in [6.45, 7) is 0.208. The first kappa shape index (κ1) is 9.55. The predicted molar refractivity (Wildman–Crippen MR) is 27.9 cm³/mol. The molecule has 0 bridgehead atoms. The third-order valence-electron chi connectivity index (χ3n) is 0.235. The normalized spacial score (nSPS) is 6.17.